The van der Waals surface area contributed by atoms with Gasteiger partial charge in [0.25, 0.3) is 5.56 Å². The van der Waals surface area contributed by atoms with Gasteiger partial charge in [-0.15, -0.1) is 0 Å². The third-order valence-corrected chi connectivity index (χ3v) is 10.1. The van der Waals surface area contributed by atoms with Crippen molar-refractivity contribution in [2.75, 3.05) is 6.61 Å². The zero-order valence-corrected chi connectivity index (χ0v) is 18.6. The summed E-state index contributed by atoms with van der Waals surface area (Å²) in [7, 11) is 0. The Hall–Kier alpha value is -1.58. The van der Waals surface area contributed by atoms with Crippen LogP contribution in [-0.2, 0) is 4.79 Å². The molecule has 164 valence electrons. The van der Waals surface area contributed by atoms with E-state index >= 15 is 0 Å². The van der Waals surface area contributed by atoms with Gasteiger partial charge in [-0.05, 0) is 98.0 Å². The quantitative estimate of drug-likeness (QED) is 0.724. The standard InChI is InChI=1S/C26H37NO3/c1-25-13-4-3-6-17(25)8-9-18-19-10-11-21(26(19,2)14-12-20(18)25)22(28)16-30-23-7-5-15-27-24(23)29/h5,7,15,17-21H,3-4,6,8-14,16H2,1-2H3,(H,27,29)/t17-,18-,19-,20-,21+,25-,26-/m0/s1. The summed E-state index contributed by atoms with van der Waals surface area (Å²) in [6.45, 7) is 5.03. The van der Waals surface area contributed by atoms with Gasteiger partial charge < -0.3 is 9.72 Å². The maximum absolute atomic E-state index is 13.2. The first-order chi connectivity index (χ1) is 14.4. The molecule has 0 unspecified atom stereocenters. The first-order valence-corrected chi connectivity index (χ1v) is 12.3. The van der Waals surface area contributed by atoms with Gasteiger partial charge >= 0.3 is 0 Å². The lowest BCUT2D eigenvalue weighted by atomic mass is 9.45. The number of carbonyl (C=O) groups excluding carboxylic acids is 1. The Bertz CT molecular complexity index is 862. The summed E-state index contributed by atoms with van der Waals surface area (Å²) in [5.74, 6) is 3.82. The van der Waals surface area contributed by atoms with E-state index in [0.717, 1.165) is 24.2 Å². The molecule has 0 amide bonds. The van der Waals surface area contributed by atoms with Gasteiger partial charge in [0.15, 0.2) is 11.5 Å². The second-order valence-electron chi connectivity index (χ2n) is 11.2. The monoisotopic (exact) mass is 411 g/mol. The largest absolute Gasteiger partial charge is 0.480 e. The number of rotatable bonds is 4. The van der Waals surface area contributed by atoms with Gasteiger partial charge in [-0.1, -0.05) is 26.7 Å². The highest BCUT2D eigenvalue weighted by Crippen LogP contribution is 2.67. The fraction of sp³-hybridized carbons (Fsp3) is 0.769. The lowest BCUT2D eigenvalue weighted by Gasteiger charge is -2.60. The van der Waals surface area contributed by atoms with Crippen LogP contribution in [0.5, 0.6) is 5.75 Å². The van der Waals surface area contributed by atoms with Crippen molar-refractivity contribution in [3.05, 3.63) is 28.7 Å². The minimum absolute atomic E-state index is 0.0218. The van der Waals surface area contributed by atoms with Crippen LogP contribution >= 0.6 is 0 Å². The molecule has 7 atom stereocenters. The molecule has 0 spiro atoms. The number of aromatic nitrogens is 1. The summed E-state index contributed by atoms with van der Waals surface area (Å²) in [5, 5.41) is 0. The van der Waals surface area contributed by atoms with Crippen LogP contribution in [0.4, 0.5) is 0 Å². The molecular formula is C26H37NO3. The van der Waals surface area contributed by atoms with E-state index in [2.05, 4.69) is 18.8 Å². The Labute approximate surface area is 180 Å². The number of carbonyl (C=O) groups is 1. The van der Waals surface area contributed by atoms with Crippen molar-refractivity contribution in [1.29, 1.82) is 0 Å². The first-order valence-electron chi connectivity index (χ1n) is 12.3. The van der Waals surface area contributed by atoms with Crippen molar-refractivity contribution < 1.29 is 9.53 Å². The molecule has 4 heteroatoms. The number of ether oxygens (including phenoxy) is 1. The van der Waals surface area contributed by atoms with Crippen molar-refractivity contribution in [2.24, 2.45) is 40.4 Å². The number of H-pyrrole nitrogens is 1. The average Bonchev–Trinajstić information content (AvgIpc) is 3.10. The maximum atomic E-state index is 13.2. The molecule has 5 rings (SSSR count). The molecule has 1 N–H and O–H groups in total. The van der Waals surface area contributed by atoms with Crippen molar-refractivity contribution in [1.82, 2.24) is 4.98 Å². The zero-order chi connectivity index (χ0) is 20.9. The molecule has 0 aromatic carbocycles. The van der Waals surface area contributed by atoms with Crippen LogP contribution in [0.1, 0.15) is 78.1 Å². The third-order valence-electron chi connectivity index (χ3n) is 10.1. The maximum Gasteiger partial charge on any atom is 0.290 e. The van der Waals surface area contributed by atoms with Crippen LogP contribution in [-0.4, -0.2) is 17.4 Å². The molecule has 0 radical (unpaired) electrons. The van der Waals surface area contributed by atoms with Crippen LogP contribution in [0.25, 0.3) is 0 Å². The number of pyridine rings is 1. The molecule has 4 saturated carbocycles. The molecule has 1 aromatic heterocycles. The van der Waals surface area contributed by atoms with Crippen molar-refractivity contribution in [3.63, 3.8) is 0 Å². The van der Waals surface area contributed by atoms with Crippen LogP contribution in [0.2, 0.25) is 0 Å². The van der Waals surface area contributed by atoms with Crippen molar-refractivity contribution >= 4 is 5.78 Å². The van der Waals surface area contributed by atoms with Crippen LogP contribution in [0.15, 0.2) is 23.1 Å². The van der Waals surface area contributed by atoms with E-state index < -0.39 is 0 Å². The Morgan fingerprint density at radius 3 is 2.70 bits per heavy atom. The minimum Gasteiger partial charge on any atom is -0.480 e. The van der Waals surface area contributed by atoms with Gasteiger partial charge in [-0.3, -0.25) is 9.59 Å². The lowest BCUT2D eigenvalue weighted by molar-refractivity contribution is -0.137. The summed E-state index contributed by atoms with van der Waals surface area (Å²) in [5.41, 5.74) is 0.392. The fourth-order valence-electron chi connectivity index (χ4n) is 8.59. The summed E-state index contributed by atoms with van der Waals surface area (Å²) < 4.78 is 5.64. The van der Waals surface area contributed by atoms with E-state index in [9.17, 15) is 9.59 Å². The van der Waals surface area contributed by atoms with Gasteiger partial charge in [-0.25, -0.2) is 0 Å². The zero-order valence-electron chi connectivity index (χ0n) is 18.6. The van der Waals surface area contributed by atoms with Gasteiger partial charge in [0.05, 0.1) is 0 Å². The number of hydrogen-bond acceptors (Lipinski definition) is 3. The van der Waals surface area contributed by atoms with Gasteiger partial charge in [-0.2, -0.15) is 0 Å². The average molecular weight is 412 g/mol. The molecule has 4 aliphatic rings. The molecule has 4 aliphatic carbocycles. The molecule has 0 aliphatic heterocycles. The predicted octanol–water partition coefficient (Wildman–Crippen LogP) is 5.37. The lowest BCUT2D eigenvalue weighted by Crippen LogP contribution is -2.53. The van der Waals surface area contributed by atoms with E-state index in [-0.39, 0.29) is 35.0 Å². The third kappa shape index (κ3) is 3.08. The molecule has 1 heterocycles. The molecule has 1 aromatic rings. The Morgan fingerprint density at radius 1 is 1.03 bits per heavy atom. The highest BCUT2D eigenvalue weighted by Gasteiger charge is 2.60. The Balaban J connectivity index is 1.31. The van der Waals surface area contributed by atoms with Crippen LogP contribution in [0.3, 0.4) is 0 Å². The van der Waals surface area contributed by atoms with Crippen molar-refractivity contribution in [2.45, 2.75) is 78.1 Å². The first kappa shape index (κ1) is 20.3. The molecule has 0 bridgehead atoms. The second-order valence-corrected chi connectivity index (χ2v) is 11.2. The smallest absolute Gasteiger partial charge is 0.290 e. The fourth-order valence-corrected chi connectivity index (χ4v) is 8.59. The number of aromatic amines is 1. The highest BCUT2D eigenvalue weighted by atomic mass is 16.5. The topological polar surface area (TPSA) is 59.2 Å². The van der Waals surface area contributed by atoms with Gasteiger partial charge in [0.1, 0.15) is 6.61 Å². The van der Waals surface area contributed by atoms with E-state index in [0.29, 0.717) is 11.3 Å². The molecule has 30 heavy (non-hydrogen) atoms. The number of hydrogen-bond donors (Lipinski definition) is 1. The summed E-state index contributed by atoms with van der Waals surface area (Å²) in [6.07, 6.45) is 14.7. The van der Waals surface area contributed by atoms with Crippen LogP contribution in [0, 0.1) is 40.4 Å². The van der Waals surface area contributed by atoms with Gasteiger partial charge in [0.2, 0.25) is 0 Å². The van der Waals surface area contributed by atoms with Crippen LogP contribution < -0.4 is 10.3 Å². The summed E-state index contributed by atoms with van der Waals surface area (Å²) in [6, 6.07) is 3.37. The molecule has 4 fully saturated rings. The number of nitrogens with one attached hydrogen (secondary N) is 1. The number of fused-ring (bicyclic) bond motifs is 5. The Kier molecular flexibility index (Phi) is 5.10. The van der Waals surface area contributed by atoms with E-state index in [1.807, 2.05) is 0 Å². The van der Waals surface area contributed by atoms with E-state index in [4.69, 9.17) is 4.74 Å². The second kappa shape index (κ2) is 7.53. The number of Topliss-reactive ketones (excluding diaryl/α,β-unsaturated/α-hetero) is 1. The highest BCUT2D eigenvalue weighted by molar-refractivity contribution is 5.83. The predicted molar refractivity (Wildman–Crippen MR) is 117 cm³/mol. The normalized spacial score (nSPS) is 42.7. The minimum atomic E-state index is -0.265. The van der Waals surface area contributed by atoms with E-state index in [1.54, 1.807) is 18.3 Å². The Morgan fingerprint density at radius 2 is 1.87 bits per heavy atom. The molecule has 0 saturated heterocycles. The van der Waals surface area contributed by atoms with Crippen molar-refractivity contribution in [3.8, 4) is 5.75 Å². The van der Waals surface area contributed by atoms with Gasteiger partial charge in [0, 0.05) is 12.1 Å². The number of ketones is 1. The van der Waals surface area contributed by atoms with E-state index in [1.165, 1.54) is 57.8 Å². The molecule has 4 nitrogen and oxygen atoms in total. The summed E-state index contributed by atoms with van der Waals surface area (Å²) in [4.78, 5) is 27.7. The summed E-state index contributed by atoms with van der Waals surface area (Å²) >= 11 is 0. The SMILES string of the molecule is C[C@]12CCCC[C@H]1CC[C@@H]1[C@@H]2CC[C@]2(C)[C@@H](C(=O)COc3ccc[nH]c3=O)CC[C@@H]12. The molecular weight excluding hydrogens is 374 g/mol.